The maximum absolute atomic E-state index is 11.7. The van der Waals surface area contributed by atoms with Crippen LogP contribution < -0.4 is 9.47 Å². The van der Waals surface area contributed by atoms with E-state index in [1.807, 2.05) is 18.2 Å². The Hall–Kier alpha value is -1.83. The first-order valence-corrected chi connectivity index (χ1v) is 9.91. The number of carbonyl (C=O) groups excluding carboxylic acids is 1. The lowest BCUT2D eigenvalue weighted by atomic mass is 9.59. The Labute approximate surface area is 164 Å². The number of hydrogen-bond donors (Lipinski definition) is 0. The molecule has 3 heterocycles. The van der Waals surface area contributed by atoms with Gasteiger partial charge >= 0.3 is 5.97 Å². The first-order chi connectivity index (χ1) is 13.5. The van der Waals surface area contributed by atoms with Crippen molar-refractivity contribution in [3.05, 3.63) is 23.8 Å². The molecular weight excluding hydrogens is 364 g/mol. The Morgan fingerprint density at radius 3 is 2.71 bits per heavy atom. The predicted octanol–water partition coefficient (Wildman–Crippen LogP) is 3.11. The van der Waals surface area contributed by atoms with Crippen molar-refractivity contribution in [2.24, 2.45) is 5.41 Å². The van der Waals surface area contributed by atoms with Gasteiger partial charge in [0.1, 0.15) is 17.1 Å². The molecule has 1 aromatic rings. The lowest BCUT2D eigenvalue weighted by molar-refractivity contribution is -0.341. The van der Waals surface area contributed by atoms with Crippen molar-refractivity contribution in [3.63, 3.8) is 0 Å². The van der Waals surface area contributed by atoms with Crippen LogP contribution in [0.25, 0.3) is 0 Å². The second kappa shape index (κ2) is 6.34. The number of carbonyl (C=O) groups is 1. The van der Waals surface area contributed by atoms with Crippen LogP contribution in [0.3, 0.4) is 0 Å². The lowest BCUT2D eigenvalue weighted by Gasteiger charge is -2.47. The van der Waals surface area contributed by atoms with Crippen LogP contribution >= 0.6 is 0 Å². The van der Waals surface area contributed by atoms with Gasteiger partial charge in [0.25, 0.3) is 0 Å². The minimum atomic E-state index is -0.745. The quantitative estimate of drug-likeness (QED) is 0.732. The van der Waals surface area contributed by atoms with Gasteiger partial charge in [-0.1, -0.05) is 12.8 Å². The zero-order valence-corrected chi connectivity index (χ0v) is 16.4. The molecule has 0 aromatic heterocycles. The molecule has 0 N–H and O–H groups in total. The number of fused-ring (bicyclic) bond motifs is 1. The highest BCUT2D eigenvalue weighted by Gasteiger charge is 2.77. The smallest absolute Gasteiger partial charge is 0.305 e. The monoisotopic (exact) mass is 390 g/mol. The normalized spacial score (nSPS) is 40.7. The van der Waals surface area contributed by atoms with E-state index in [-0.39, 0.29) is 23.8 Å². The zero-order valence-electron chi connectivity index (χ0n) is 16.4. The Morgan fingerprint density at radius 2 is 1.96 bits per heavy atom. The van der Waals surface area contributed by atoms with E-state index >= 15 is 0 Å². The van der Waals surface area contributed by atoms with Gasteiger partial charge in [-0.2, -0.15) is 0 Å². The van der Waals surface area contributed by atoms with Gasteiger partial charge in [-0.25, -0.2) is 0 Å². The molecule has 5 rings (SSSR count). The molecule has 3 aliphatic heterocycles. The summed E-state index contributed by atoms with van der Waals surface area (Å²) in [5, 5.41) is 0. The molecule has 1 aliphatic carbocycles. The lowest BCUT2D eigenvalue weighted by Crippen LogP contribution is -2.58. The van der Waals surface area contributed by atoms with Crippen molar-refractivity contribution in [1.29, 1.82) is 0 Å². The number of rotatable bonds is 4. The zero-order chi connectivity index (χ0) is 19.5. The van der Waals surface area contributed by atoms with Crippen molar-refractivity contribution >= 4 is 5.97 Å². The van der Waals surface area contributed by atoms with E-state index in [9.17, 15) is 4.79 Å². The number of hydrogen-bond acceptors (Lipinski definition) is 7. The van der Waals surface area contributed by atoms with E-state index in [1.54, 1.807) is 14.2 Å². The predicted molar refractivity (Wildman–Crippen MR) is 96.9 cm³/mol. The van der Waals surface area contributed by atoms with Gasteiger partial charge in [-0.3, -0.25) is 4.79 Å². The van der Waals surface area contributed by atoms with Gasteiger partial charge in [0, 0.05) is 30.4 Å². The van der Waals surface area contributed by atoms with Gasteiger partial charge in [-0.05, 0) is 25.0 Å². The molecule has 1 spiro atoms. The summed E-state index contributed by atoms with van der Waals surface area (Å²) in [4.78, 5) is 11.7. The van der Waals surface area contributed by atoms with Crippen LogP contribution in [0.1, 0.15) is 50.7 Å². The molecule has 0 radical (unpaired) electrons. The van der Waals surface area contributed by atoms with E-state index in [1.165, 1.54) is 6.92 Å². The molecule has 28 heavy (non-hydrogen) atoms. The van der Waals surface area contributed by atoms with Gasteiger partial charge in [-0.15, -0.1) is 0 Å². The summed E-state index contributed by atoms with van der Waals surface area (Å²) >= 11 is 0. The number of ether oxygens (including phenoxy) is 6. The number of esters is 1. The van der Waals surface area contributed by atoms with Crippen LogP contribution in [-0.2, 0) is 23.7 Å². The summed E-state index contributed by atoms with van der Waals surface area (Å²) in [6, 6.07) is 5.82. The van der Waals surface area contributed by atoms with E-state index in [0.717, 1.165) is 49.2 Å². The molecular formula is C21H26O7. The highest BCUT2D eigenvalue weighted by molar-refractivity contribution is 5.66. The fourth-order valence-corrected chi connectivity index (χ4v) is 5.89. The van der Waals surface area contributed by atoms with Crippen molar-refractivity contribution in [1.82, 2.24) is 0 Å². The van der Waals surface area contributed by atoms with E-state index in [4.69, 9.17) is 28.4 Å². The SMILES string of the molecule is COc1ccc(C2OC3[C@H](OC(C)=O)O[C@H]4C[C@@]25CCCC[C@@]35O4)c(OC)c1. The largest absolute Gasteiger partial charge is 0.497 e. The minimum Gasteiger partial charge on any atom is -0.497 e. The Bertz CT molecular complexity index is 795. The minimum absolute atomic E-state index is 0.217. The van der Waals surface area contributed by atoms with Crippen molar-refractivity contribution in [3.8, 4) is 11.5 Å². The summed E-state index contributed by atoms with van der Waals surface area (Å²) in [6.07, 6.45) is 2.97. The standard InChI is InChI=1S/C21H26O7/c1-12(22)25-19-18-21-9-5-4-8-20(21,11-16(26-19)28-21)17(27-18)14-7-6-13(23-2)10-15(14)24-3/h6-7,10,16-19H,4-5,8-9,11H2,1-3H3/t16-,17?,18?,19-,20+,21-/m1/s1. The van der Waals surface area contributed by atoms with Crippen molar-refractivity contribution in [2.75, 3.05) is 14.2 Å². The fourth-order valence-electron chi connectivity index (χ4n) is 5.89. The van der Waals surface area contributed by atoms with Crippen LogP contribution in [0, 0.1) is 5.41 Å². The molecule has 2 unspecified atom stereocenters. The molecule has 152 valence electrons. The second-order valence-electron chi connectivity index (χ2n) is 8.16. The van der Waals surface area contributed by atoms with Crippen LogP contribution in [0.15, 0.2) is 18.2 Å². The molecule has 4 aliphatic rings. The maximum atomic E-state index is 11.7. The third kappa shape index (κ3) is 2.30. The topological polar surface area (TPSA) is 72.5 Å². The van der Waals surface area contributed by atoms with Crippen molar-refractivity contribution < 1.29 is 33.2 Å². The van der Waals surface area contributed by atoms with Crippen LogP contribution in [0.2, 0.25) is 0 Å². The number of benzene rings is 1. The van der Waals surface area contributed by atoms with Gasteiger partial charge < -0.3 is 28.4 Å². The Morgan fingerprint density at radius 1 is 1.14 bits per heavy atom. The molecule has 7 heteroatoms. The van der Waals surface area contributed by atoms with Crippen LogP contribution in [-0.4, -0.2) is 44.5 Å². The summed E-state index contributed by atoms with van der Waals surface area (Å²) < 4.78 is 35.5. The average Bonchev–Trinajstić information content (AvgIpc) is 3.13. The van der Waals surface area contributed by atoms with Gasteiger partial charge in [0.2, 0.25) is 6.29 Å². The summed E-state index contributed by atoms with van der Waals surface area (Å²) in [5.41, 5.74) is 0.256. The maximum Gasteiger partial charge on any atom is 0.305 e. The van der Waals surface area contributed by atoms with Crippen LogP contribution in [0.4, 0.5) is 0 Å². The summed E-state index contributed by atoms with van der Waals surface area (Å²) in [5.74, 6) is 1.09. The summed E-state index contributed by atoms with van der Waals surface area (Å²) in [6.45, 7) is 1.39. The molecule has 1 saturated carbocycles. The third-order valence-electron chi connectivity index (χ3n) is 6.92. The molecule has 7 nitrogen and oxygen atoms in total. The van der Waals surface area contributed by atoms with Gasteiger partial charge in [0.15, 0.2) is 12.4 Å². The van der Waals surface area contributed by atoms with E-state index in [2.05, 4.69) is 0 Å². The molecule has 3 saturated heterocycles. The Kier molecular flexibility index (Phi) is 4.12. The number of methoxy groups -OCH3 is 2. The third-order valence-corrected chi connectivity index (χ3v) is 6.92. The first-order valence-electron chi connectivity index (χ1n) is 9.91. The Balaban J connectivity index is 1.61. The molecule has 2 bridgehead atoms. The van der Waals surface area contributed by atoms with Gasteiger partial charge in [0.05, 0.1) is 20.3 Å². The molecule has 0 amide bonds. The second-order valence-corrected chi connectivity index (χ2v) is 8.16. The molecule has 4 fully saturated rings. The average molecular weight is 390 g/mol. The first kappa shape index (κ1) is 18.2. The molecule has 1 aromatic carbocycles. The highest BCUT2D eigenvalue weighted by atomic mass is 16.8. The van der Waals surface area contributed by atoms with E-state index in [0.29, 0.717) is 0 Å². The highest BCUT2D eigenvalue weighted by Crippen LogP contribution is 2.71. The fraction of sp³-hybridized carbons (Fsp3) is 0.667. The van der Waals surface area contributed by atoms with E-state index < -0.39 is 18.0 Å². The van der Waals surface area contributed by atoms with Crippen LogP contribution in [0.5, 0.6) is 11.5 Å². The van der Waals surface area contributed by atoms with Crippen molar-refractivity contribution in [2.45, 2.75) is 69.4 Å². The summed E-state index contributed by atoms with van der Waals surface area (Å²) in [7, 11) is 3.29. The molecule has 6 atom stereocenters.